The van der Waals surface area contributed by atoms with Gasteiger partial charge in [-0.1, -0.05) is 38.0 Å². The highest BCUT2D eigenvalue weighted by molar-refractivity contribution is 5.81. The van der Waals surface area contributed by atoms with Gasteiger partial charge < -0.3 is 0 Å². The van der Waals surface area contributed by atoms with Crippen LogP contribution in [0, 0.1) is 0 Å². The number of aromatic nitrogens is 1. The highest BCUT2D eigenvalue weighted by Gasteiger charge is 2.00. The zero-order chi connectivity index (χ0) is 10.5. The Hall–Kier alpha value is -1.37. The van der Waals surface area contributed by atoms with Gasteiger partial charge in [-0.15, -0.1) is 0 Å². The number of aryl methyl sites for hydroxylation is 1. The molecular formula is C14H17N. The lowest BCUT2D eigenvalue weighted by Gasteiger charge is -2.04. The second-order valence-electron chi connectivity index (χ2n) is 3.94. The van der Waals surface area contributed by atoms with Crippen LogP contribution >= 0.6 is 0 Å². The average molecular weight is 199 g/mol. The molecule has 0 bridgehead atoms. The summed E-state index contributed by atoms with van der Waals surface area (Å²) in [6, 6.07) is 10.5. The van der Waals surface area contributed by atoms with E-state index in [1.807, 2.05) is 12.3 Å². The van der Waals surface area contributed by atoms with Gasteiger partial charge in [-0.05, 0) is 30.5 Å². The molecule has 1 aromatic heterocycles. The first-order valence-corrected chi connectivity index (χ1v) is 5.74. The number of rotatable bonds is 4. The van der Waals surface area contributed by atoms with Crippen LogP contribution in [-0.2, 0) is 6.42 Å². The zero-order valence-corrected chi connectivity index (χ0v) is 9.24. The summed E-state index contributed by atoms with van der Waals surface area (Å²) in [5.74, 6) is 0. The molecule has 15 heavy (non-hydrogen) atoms. The van der Waals surface area contributed by atoms with Crippen molar-refractivity contribution in [1.82, 2.24) is 4.98 Å². The Kier molecular flexibility index (Phi) is 3.33. The molecule has 2 aromatic rings. The van der Waals surface area contributed by atoms with Crippen molar-refractivity contribution in [3.05, 3.63) is 42.1 Å². The molecule has 0 saturated carbocycles. The SMILES string of the molecule is CCCCCc1ccnc2ccccc12. The normalized spacial score (nSPS) is 10.7. The van der Waals surface area contributed by atoms with Crippen LogP contribution in [0.2, 0.25) is 0 Å². The van der Waals surface area contributed by atoms with Crippen LogP contribution < -0.4 is 0 Å². The van der Waals surface area contributed by atoms with Crippen molar-refractivity contribution in [3.63, 3.8) is 0 Å². The van der Waals surface area contributed by atoms with Gasteiger partial charge in [0.2, 0.25) is 0 Å². The van der Waals surface area contributed by atoms with Gasteiger partial charge in [0.1, 0.15) is 0 Å². The zero-order valence-electron chi connectivity index (χ0n) is 9.24. The molecule has 0 unspecified atom stereocenters. The molecule has 78 valence electrons. The second kappa shape index (κ2) is 4.92. The fourth-order valence-corrected chi connectivity index (χ4v) is 1.94. The summed E-state index contributed by atoms with van der Waals surface area (Å²) in [7, 11) is 0. The molecule has 0 N–H and O–H groups in total. The van der Waals surface area contributed by atoms with Gasteiger partial charge in [0.05, 0.1) is 5.52 Å². The van der Waals surface area contributed by atoms with Crippen LogP contribution in [-0.4, -0.2) is 4.98 Å². The Morgan fingerprint density at radius 2 is 1.93 bits per heavy atom. The van der Waals surface area contributed by atoms with Crippen LogP contribution in [0.4, 0.5) is 0 Å². The van der Waals surface area contributed by atoms with E-state index >= 15 is 0 Å². The Labute approximate surface area is 91.2 Å². The molecule has 0 atom stereocenters. The number of nitrogens with zero attached hydrogens (tertiary/aromatic N) is 1. The first kappa shape index (κ1) is 10.2. The minimum atomic E-state index is 1.12. The Bertz CT molecular complexity index is 429. The van der Waals surface area contributed by atoms with Gasteiger partial charge >= 0.3 is 0 Å². The van der Waals surface area contributed by atoms with Crippen LogP contribution in [0.3, 0.4) is 0 Å². The summed E-state index contributed by atoms with van der Waals surface area (Å²) in [5, 5.41) is 1.32. The molecule has 0 amide bonds. The second-order valence-corrected chi connectivity index (χ2v) is 3.94. The van der Waals surface area contributed by atoms with Crippen LogP contribution in [0.25, 0.3) is 10.9 Å². The van der Waals surface area contributed by atoms with Gasteiger partial charge in [0.15, 0.2) is 0 Å². The third kappa shape index (κ3) is 2.35. The predicted octanol–water partition coefficient (Wildman–Crippen LogP) is 3.97. The number of pyridine rings is 1. The molecule has 0 saturated heterocycles. The van der Waals surface area contributed by atoms with Crippen molar-refractivity contribution >= 4 is 10.9 Å². The number of benzene rings is 1. The first-order chi connectivity index (χ1) is 7.42. The van der Waals surface area contributed by atoms with Gasteiger partial charge in [0, 0.05) is 11.6 Å². The Morgan fingerprint density at radius 1 is 1.07 bits per heavy atom. The predicted molar refractivity (Wildman–Crippen MR) is 65.0 cm³/mol. The molecule has 0 spiro atoms. The van der Waals surface area contributed by atoms with E-state index in [0.29, 0.717) is 0 Å². The molecule has 0 fully saturated rings. The Balaban J connectivity index is 2.26. The standard InChI is InChI=1S/C14H17N/c1-2-3-4-7-12-10-11-15-14-9-6-5-8-13(12)14/h5-6,8-11H,2-4,7H2,1H3. The average Bonchev–Trinajstić information content (AvgIpc) is 2.30. The molecule has 1 aromatic carbocycles. The van der Waals surface area contributed by atoms with E-state index in [0.717, 1.165) is 5.52 Å². The van der Waals surface area contributed by atoms with Crippen molar-refractivity contribution in [2.45, 2.75) is 32.6 Å². The maximum Gasteiger partial charge on any atom is 0.0704 e. The summed E-state index contributed by atoms with van der Waals surface area (Å²) in [6.45, 7) is 2.24. The maximum absolute atomic E-state index is 4.37. The monoisotopic (exact) mass is 199 g/mol. The summed E-state index contributed by atoms with van der Waals surface area (Å²) in [4.78, 5) is 4.37. The van der Waals surface area contributed by atoms with Crippen molar-refractivity contribution in [1.29, 1.82) is 0 Å². The quantitative estimate of drug-likeness (QED) is 0.679. The number of unbranched alkanes of at least 4 members (excludes halogenated alkanes) is 2. The molecule has 0 radical (unpaired) electrons. The largest absolute Gasteiger partial charge is 0.256 e. The van der Waals surface area contributed by atoms with E-state index in [1.54, 1.807) is 0 Å². The smallest absolute Gasteiger partial charge is 0.0704 e. The van der Waals surface area contributed by atoms with Crippen molar-refractivity contribution in [2.24, 2.45) is 0 Å². The number of para-hydroxylation sites is 1. The highest BCUT2D eigenvalue weighted by Crippen LogP contribution is 2.18. The third-order valence-corrected chi connectivity index (χ3v) is 2.79. The van der Waals surface area contributed by atoms with E-state index in [2.05, 4.69) is 36.2 Å². The van der Waals surface area contributed by atoms with E-state index in [9.17, 15) is 0 Å². The van der Waals surface area contributed by atoms with Gasteiger partial charge in [-0.2, -0.15) is 0 Å². The molecule has 0 aliphatic rings. The molecule has 0 aliphatic carbocycles. The summed E-state index contributed by atoms with van der Waals surface area (Å²) in [6.07, 6.45) is 6.98. The summed E-state index contributed by atoms with van der Waals surface area (Å²) in [5.41, 5.74) is 2.56. The lowest BCUT2D eigenvalue weighted by atomic mass is 10.0. The summed E-state index contributed by atoms with van der Waals surface area (Å²) < 4.78 is 0. The van der Waals surface area contributed by atoms with E-state index in [4.69, 9.17) is 0 Å². The van der Waals surface area contributed by atoms with Gasteiger partial charge in [-0.25, -0.2) is 0 Å². The van der Waals surface area contributed by atoms with E-state index in [-0.39, 0.29) is 0 Å². The van der Waals surface area contributed by atoms with Gasteiger partial charge in [0.25, 0.3) is 0 Å². The highest BCUT2D eigenvalue weighted by atomic mass is 14.6. The molecule has 0 aliphatic heterocycles. The van der Waals surface area contributed by atoms with Gasteiger partial charge in [-0.3, -0.25) is 4.98 Å². The molecule has 1 nitrogen and oxygen atoms in total. The molecule has 1 heterocycles. The Morgan fingerprint density at radius 3 is 2.80 bits per heavy atom. The fraction of sp³-hybridized carbons (Fsp3) is 0.357. The topological polar surface area (TPSA) is 12.9 Å². The van der Waals surface area contributed by atoms with Crippen LogP contribution in [0.1, 0.15) is 31.7 Å². The van der Waals surface area contributed by atoms with E-state index in [1.165, 1.54) is 36.6 Å². The van der Waals surface area contributed by atoms with Crippen LogP contribution in [0.15, 0.2) is 36.5 Å². The number of hydrogen-bond acceptors (Lipinski definition) is 1. The lowest BCUT2D eigenvalue weighted by Crippen LogP contribution is -1.89. The minimum absolute atomic E-state index is 1.12. The number of fused-ring (bicyclic) bond motifs is 1. The van der Waals surface area contributed by atoms with Crippen molar-refractivity contribution in [3.8, 4) is 0 Å². The van der Waals surface area contributed by atoms with E-state index < -0.39 is 0 Å². The minimum Gasteiger partial charge on any atom is -0.256 e. The summed E-state index contributed by atoms with van der Waals surface area (Å²) >= 11 is 0. The lowest BCUT2D eigenvalue weighted by molar-refractivity contribution is 0.719. The fourth-order valence-electron chi connectivity index (χ4n) is 1.94. The first-order valence-electron chi connectivity index (χ1n) is 5.74. The van der Waals surface area contributed by atoms with Crippen molar-refractivity contribution < 1.29 is 0 Å². The third-order valence-electron chi connectivity index (χ3n) is 2.79. The molecule has 2 rings (SSSR count). The number of hydrogen-bond donors (Lipinski definition) is 0. The van der Waals surface area contributed by atoms with Crippen molar-refractivity contribution in [2.75, 3.05) is 0 Å². The maximum atomic E-state index is 4.37. The van der Waals surface area contributed by atoms with Crippen LogP contribution in [0.5, 0.6) is 0 Å². The molecule has 1 heteroatoms. The molecular weight excluding hydrogens is 182 g/mol.